The van der Waals surface area contributed by atoms with Crippen molar-refractivity contribution in [1.82, 2.24) is 9.97 Å². The van der Waals surface area contributed by atoms with Crippen molar-refractivity contribution >= 4 is 6.09 Å². The van der Waals surface area contributed by atoms with Gasteiger partial charge in [-0.2, -0.15) is 9.97 Å². The fraction of sp³-hybridized carbons (Fsp3) is 0.154. The van der Waals surface area contributed by atoms with Crippen LogP contribution < -0.4 is 15.2 Å². The Kier molecular flexibility index (Phi) is 5.76. The first-order valence-electron chi connectivity index (χ1n) is 5.57. The number of nitrogens with two attached hydrogens (primary N) is 1. The summed E-state index contributed by atoms with van der Waals surface area (Å²) in [7, 11) is 3.13. The van der Waals surface area contributed by atoms with E-state index in [1.165, 1.54) is 0 Å². The summed E-state index contributed by atoms with van der Waals surface area (Å²) in [5, 5.41) is 7.19. The number of primary amides is 1. The number of carbonyl (C=O) groups is 1. The van der Waals surface area contributed by atoms with E-state index in [4.69, 9.17) is 19.4 Å². The Hall–Kier alpha value is -2.83. The van der Waals surface area contributed by atoms with Gasteiger partial charge in [-0.1, -0.05) is 30.3 Å². The molecule has 3 N–H and O–H groups in total. The second kappa shape index (κ2) is 7.57. The van der Waals surface area contributed by atoms with Crippen LogP contribution in [-0.2, 0) is 0 Å². The van der Waals surface area contributed by atoms with E-state index in [-0.39, 0.29) is 0 Å². The van der Waals surface area contributed by atoms with Gasteiger partial charge in [-0.3, -0.25) is 0 Å². The van der Waals surface area contributed by atoms with E-state index in [1.807, 2.05) is 30.3 Å². The molecule has 0 aliphatic rings. The molecule has 0 unspecified atom stereocenters. The SMILES string of the molecule is COc1cc(OC)nc(-c2ccccc2)n1.NC(=O)O. The van der Waals surface area contributed by atoms with E-state index in [2.05, 4.69) is 15.7 Å². The lowest BCUT2D eigenvalue weighted by atomic mass is 10.2. The zero-order valence-corrected chi connectivity index (χ0v) is 11.1. The molecular formula is C13H15N3O4. The average Bonchev–Trinajstić information content (AvgIpc) is 2.47. The summed E-state index contributed by atoms with van der Waals surface area (Å²) in [6.45, 7) is 0. The topological polar surface area (TPSA) is 108 Å². The molecule has 0 radical (unpaired) electrons. The van der Waals surface area contributed by atoms with Gasteiger partial charge in [0.2, 0.25) is 11.8 Å². The molecule has 0 bridgehead atoms. The first-order valence-corrected chi connectivity index (χ1v) is 5.57. The molecule has 0 aliphatic heterocycles. The molecule has 1 aromatic heterocycles. The van der Waals surface area contributed by atoms with Crippen LogP contribution in [-0.4, -0.2) is 35.4 Å². The predicted molar refractivity (Wildman–Crippen MR) is 72.8 cm³/mol. The quantitative estimate of drug-likeness (QED) is 0.885. The molecule has 7 nitrogen and oxygen atoms in total. The van der Waals surface area contributed by atoms with Gasteiger partial charge in [0.05, 0.1) is 20.3 Å². The van der Waals surface area contributed by atoms with Gasteiger partial charge >= 0.3 is 6.09 Å². The standard InChI is InChI=1S/C12H12N2O2.CH3NO2/c1-15-10-8-11(16-2)14-12(13-10)9-6-4-3-5-7-9;2-1(3)4/h3-8H,1-2H3;2H2,(H,3,4). The Morgan fingerprint density at radius 3 is 1.95 bits per heavy atom. The molecule has 1 heterocycles. The van der Waals surface area contributed by atoms with Gasteiger partial charge in [0.25, 0.3) is 0 Å². The van der Waals surface area contributed by atoms with Gasteiger partial charge in [0, 0.05) is 5.56 Å². The maximum Gasteiger partial charge on any atom is 0.402 e. The number of amides is 1. The minimum Gasteiger partial charge on any atom is -0.481 e. The Labute approximate surface area is 116 Å². The summed E-state index contributed by atoms with van der Waals surface area (Å²) in [4.78, 5) is 17.3. The Morgan fingerprint density at radius 1 is 1.10 bits per heavy atom. The molecule has 0 fully saturated rings. The number of nitrogens with zero attached hydrogens (tertiary/aromatic N) is 2. The molecule has 0 aliphatic carbocycles. The summed E-state index contributed by atoms with van der Waals surface area (Å²) in [6.07, 6.45) is -1.33. The highest BCUT2D eigenvalue weighted by Crippen LogP contribution is 2.21. The minimum atomic E-state index is -1.33. The second-order valence-corrected chi connectivity index (χ2v) is 3.48. The minimum absolute atomic E-state index is 0.491. The van der Waals surface area contributed by atoms with Gasteiger partial charge < -0.3 is 20.3 Å². The van der Waals surface area contributed by atoms with Gasteiger partial charge in [0.1, 0.15) is 0 Å². The summed E-state index contributed by atoms with van der Waals surface area (Å²) in [5.41, 5.74) is 4.96. The summed E-state index contributed by atoms with van der Waals surface area (Å²) >= 11 is 0. The lowest BCUT2D eigenvalue weighted by Crippen LogP contribution is -2.03. The second-order valence-electron chi connectivity index (χ2n) is 3.48. The van der Waals surface area contributed by atoms with E-state index >= 15 is 0 Å². The van der Waals surface area contributed by atoms with Crippen LogP contribution in [0.1, 0.15) is 0 Å². The van der Waals surface area contributed by atoms with Crippen LogP contribution in [0.2, 0.25) is 0 Å². The van der Waals surface area contributed by atoms with Crippen molar-refractivity contribution in [3.63, 3.8) is 0 Å². The zero-order chi connectivity index (χ0) is 15.0. The van der Waals surface area contributed by atoms with E-state index < -0.39 is 6.09 Å². The number of hydrogen-bond acceptors (Lipinski definition) is 5. The van der Waals surface area contributed by atoms with Crippen molar-refractivity contribution in [2.45, 2.75) is 0 Å². The number of hydrogen-bond donors (Lipinski definition) is 2. The number of rotatable bonds is 3. The van der Waals surface area contributed by atoms with Gasteiger partial charge in [-0.15, -0.1) is 0 Å². The van der Waals surface area contributed by atoms with Crippen LogP contribution >= 0.6 is 0 Å². The lowest BCUT2D eigenvalue weighted by Gasteiger charge is -2.05. The number of benzene rings is 1. The van der Waals surface area contributed by atoms with Gasteiger partial charge in [-0.05, 0) is 0 Å². The van der Waals surface area contributed by atoms with E-state index in [9.17, 15) is 0 Å². The van der Waals surface area contributed by atoms with Crippen molar-refractivity contribution in [2.75, 3.05) is 14.2 Å². The fourth-order valence-corrected chi connectivity index (χ4v) is 1.33. The highest BCUT2D eigenvalue weighted by atomic mass is 16.5. The monoisotopic (exact) mass is 277 g/mol. The molecular weight excluding hydrogens is 262 g/mol. The van der Waals surface area contributed by atoms with Gasteiger partial charge in [-0.25, -0.2) is 4.79 Å². The molecule has 0 spiro atoms. The van der Waals surface area contributed by atoms with E-state index in [1.54, 1.807) is 20.3 Å². The highest BCUT2D eigenvalue weighted by molar-refractivity contribution is 5.61. The molecule has 0 atom stereocenters. The largest absolute Gasteiger partial charge is 0.481 e. The molecule has 1 amide bonds. The highest BCUT2D eigenvalue weighted by Gasteiger charge is 2.06. The lowest BCUT2D eigenvalue weighted by molar-refractivity contribution is 0.205. The molecule has 0 saturated carbocycles. The van der Waals surface area contributed by atoms with E-state index in [0.717, 1.165) is 5.56 Å². The maximum absolute atomic E-state index is 8.78. The maximum atomic E-state index is 8.78. The van der Waals surface area contributed by atoms with Crippen LogP contribution in [0.3, 0.4) is 0 Å². The smallest absolute Gasteiger partial charge is 0.402 e. The predicted octanol–water partition coefficient (Wildman–Crippen LogP) is 1.78. The van der Waals surface area contributed by atoms with Crippen LogP contribution in [0.5, 0.6) is 11.8 Å². The third-order valence-electron chi connectivity index (χ3n) is 2.13. The number of carboxylic acid groups (broad SMARTS) is 1. The summed E-state index contributed by atoms with van der Waals surface area (Å²) < 4.78 is 10.2. The zero-order valence-electron chi connectivity index (χ0n) is 11.1. The van der Waals surface area contributed by atoms with Gasteiger partial charge in [0.15, 0.2) is 5.82 Å². The van der Waals surface area contributed by atoms with Crippen molar-refractivity contribution in [2.24, 2.45) is 5.73 Å². The number of methoxy groups -OCH3 is 2. The third-order valence-corrected chi connectivity index (χ3v) is 2.13. The number of aromatic nitrogens is 2. The number of ether oxygens (including phenoxy) is 2. The normalized spacial score (nSPS) is 9.10. The van der Waals surface area contributed by atoms with Crippen LogP contribution in [0.4, 0.5) is 4.79 Å². The Morgan fingerprint density at radius 2 is 1.55 bits per heavy atom. The molecule has 0 saturated heterocycles. The van der Waals surface area contributed by atoms with Crippen LogP contribution in [0, 0.1) is 0 Å². The van der Waals surface area contributed by atoms with Crippen LogP contribution in [0.25, 0.3) is 11.4 Å². The first kappa shape index (κ1) is 15.2. The van der Waals surface area contributed by atoms with Crippen molar-refractivity contribution in [3.05, 3.63) is 36.4 Å². The van der Waals surface area contributed by atoms with Crippen LogP contribution in [0.15, 0.2) is 36.4 Å². The average molecular weight is 277 g/mol. The fourth-order valence-electron chi connectivity index (χ4n) is 1.33. The molecule has 7 heteroatoms. The molecule has 2 rings (SSSR count). The summed E-state index contributed by atoms with van der Waals surface area (Å²) in [6, 6.07) is 11.3. The first-order chi connectivity index (χ1) is 9.56. The van der Waals surface area contributed by atoms with Crippen molar-refractivity contribution in [3.8, 4) is 23.1 Å². The molecule has 20 heavy (non-hydrogen) atoms. The van der Waals surface area contributed by atoms with Crippen molar-refractivity contribution < 1.29 is 19.4 Å². The summed E-state index contributed by atoms with van der Waals surface area (Å²) in [5.74, 6) is 1.58. The Balaban J connectivity index is 0.000000444. The molecule has 106 valence electrons. The van der Waals surface area contributed by atoms with E-state index in [0.29, 0.717) is 17.6 Å². The molecule has 2 aromatic rings. The Bertz CT molecular complexity index is 535. The van der Waals surface area contributed by atoms with Crippen molar-refractivity contribution in [1.29, 1.82) is 0 Å². The third kappa shape index (κ3) is 4.81. The molecule has 1 aromatic carbocycles.